The molecule has 6 aliphatic rings. The van der Waals surface area contributed by atoms with Gasteiger partial charge in [-0.2, -0.15) is 0 Å². The summed E-state index contributed by atoms with van der Waals surface area (Å²) in [7, 11) is 0. The van der Waals surface area contributed by atoms with E-state index in [4.69, 9.17) is 4.99 Å². The number of allylic oxidation sites excluding steroid dienone is 7. The second-order valence-electron chi connectivity index (χ2n) is 15.2. The highest BCUT2D eigenvalue weighted by Crippen LogP contribution is 2.46. The molecule has 0 spiro atoms. The molecule has 3 aromatic carbocycles. The fraction of sp³-hybridized carbons (Fsp3) is 0.182. The molecule has 0 saturated heterocycles. The summed E-state index contributed by atoms with van der Waals surface area (Å²) < 4.78 is 0. The normalized spacial score (nSPS) is 21.5. The van der Waals surface area contributed by atoms with Gasteiger partial charge in [0.05, 0.1) is 52.8 Å². The zero-order valence-electron chi connectivity index (χ0n) is 29.9. The molecular formula is C44H33N4O6+. The lowest BCUT2D eigenvalue weighted by molar-refractivity contribution is -0.138. The lowest BCUT2D eigenvalue weighted by Gasteiger charge is -2.26. The molecule has 264 valence electrons. The number of aliphatic hydroxyl groups is 1. The number of nitrogens with zero attached hydrogens (tertiary/aromatic N) is 3. The fourth-order valence-electron chi connectivity index (χ4n) is 7.94. The van der Waals surface area contributed by atoms with Gasteiger partial charge < -0.3 is 10.4 Å². The molecule has 2 N–H and O–H groups in total. The maximum absolute atomic E-state index is 13.6. The van der Waals surface area contributed by atoms with Crippen molar-refractivity contribution < 1.29 is 29.1 Å². The lowest BCUT2D eigenvalue weighted by atomic mass is 9.77. The maximum atomic E-state index is 13.6. The van der Waals surface area contributed by atoms with Crippen molar-refractivity contribution in [1.82, 2.24) is 9.80 Å². The number of aliphatic hydroxyl groups excluding tert-OH is 1. The largest absolute Gasteiger partial charge is 0.506 e. The molecule has 0 saturated carbocycles. The third-order valence-electron chi connectivity index (χ3n) is 11.3. The van der Waals surface area contributed by atoms with Crippen molar-refractivity contribution >= 4 is 46.5 Å². The van der Waals surface area contributed by atoms with Crippen LogP contribution in [0.1, 0.15) is 70.7 Å². The van der Waals surface area contributed by atoms with Crippen LogP contribution in [0.3, 0.4) is 0 Å². The van der Waals surface area contributed by atoms with Gasteiger partial charge in [0.2, 0.25) is 5.78 Å². The molecule has 0 fully saturated rings. The van der Waals surface area contributed by atoms with E-state index < -0.39 is 10.8 Å². The number of amides is 4. The number of carbonyl (C=O) groups excluding carboxylic acids is 5. The highest BCUT2D eigenvalue weighted by Gasteiger charge is 2.44. The molecule has 0 radical (unpaired) electrons. The number of Topliss-reactive ketones (excluding diaryl/α,β-unsaturated/α-hetero) is 1. The van der Waals surface area contributed by atoms with Gasteiger partial charge in [-0.1, -0.05) is 64.1 Å². The Morgan fingerprint density at radius 3 is 2.06 bits per heavy atom. The third kappa shape index (κ3) is 4.70. The number of fused-ring (bicyclic) bond motifs is 3. The van der Waals surface area contributed by atoms with E-state index >= 15 is 0 Å². The topological polar surface area (TPSA) is 136 Å². The number of rotatable bonds is 6. The average molecular weight is 714 g/mol. The third-order valence-corrected chi connectivity index (χ3v) is 11.3. The van der Waals surface area contributed by atoms with Crippen LogP contribution in [0.2, 0.25) is 0 Å². The molecule has 0 unspecified atom stereocenters. The average Bonchev–Trinajstić information content (AvgIpc) is 3.76. The number of anilines is 1. The van der Waals surface area contributed by atoms with E-state index in [9.17, 15) is 29.1 Å². The van der Waals surface area contributed by atoms with E-state index in [0.717, 1.165) is 33.6 Å². The van der Waals surface area contributed by atoms with E-state index in [1.165, 1.54) is 15.9 Å². The van der Waals surface area contributed by atoms with E-state index in [1.54, 1.807) is 48.6 Å². The van der Waals surface area contributed by atoms with Gasteiger partial charge in [-0.05, 0) is 58.7 Å². The Kier molecular flexibility index (Phi) is 6.96. The first-order valence-corrected chi connectivity index (χ1v) is 17.6. The number of hydrogen-bond donors (Lipinski definition) is 2. The van der Waals surface area contributed by atoms with Crippen LogP contribution in [0, 0.1) is 6.08 Å². The number of hydrogen-bond acceptors (Lipinski definition) is 8. The Balaban J connectivity index is 0.925. The smallest absolute Gasteiger partial charge is 0.319 e. The standard InChI is InChI=1S/C44H32N4O6/c1-43(2)31-17-23(21-47-39(51)25-9-5-6-10-26(25)40(47)52)13-15-33(31)45-35(43)19-29-37(49)30(38(29)50)20-36-44(3,4)32-18-24(14-16-34(32)46-36)22-48-41(53)27-11-7-8-12-28(27)42(48)54/h5-7,9-20H,21-22H2,1-4H3,(H-,45,46,49,50,51,52,53,54)/p+1. The molecule has 54 heavy (non-hydrogen) atoms. The van der Waals surface area contributed by atoms with Crippen LogP contribution < -0.4 is 5.32 Å². The Morgan fingerprint density at radius 1 is 0.759 bits per heavy atom. The van der Waals surface area contributed by atoms with Crippen molar-refractivity contribution in [3.05, 3.63) is 164 Å². The van der Waals surface area contributed by atoms with Crippen molar-refractivity contribution in [2.75, 3.05) is 5.32 Å². The van der Waals surface area contributed by atoms with Gasteiger partial charge in [0.25, 0.3) is 17.7 Å². The summed E-state index contributed by atoms with van der Waals surface area (Å²) in [6, 6.07) is 18.2. The van der Waals surface area contributed by atoms with Gasteiger partial charge in [-0.25, -0.2) is 0 Å². The number of carbonyl (C=O) groups is 5. The molecule has 10 nitrogen and oxygen atoms in total. The van der Waals surface area contributed by atoms with Gasteiger partial charge in [0.1, 0.15) is 17.9 Å². The van der Waals surface area contributed by atoms with Crippen molar-refractivity contribution in [1.29, 1.82) is 0 Å². The monoisotopic (exact) mass is 713 g/mol. The minimum atomic E-state index is -0.630. The lowest BCUT2D eigenvalue weighted by Crippen LogP contribution is -2.31. The summed E-state index contributed by atoms with van der Waals surface area (Å²) in [5.74, 6) is -1.75. The summed E-state index contributed by atoms with van der Waals surface area (Å²) >= 11 is 0. The van der Waals surface area contributed by atoms with Gasteiger partial charge in [0, 0.05) is 28.3 Å². The van der Waals surface area contributed by atoms with E-state index in [2.05, 4.69) is 11.4 Å². The Bertz CT molecular complexity index is 2520. The summed E-state index contributed by atoms with van der Waals surface area (Å²) in [4.78, 5) is 72.8. The summed E-state index contributed by atoms with van der Waals surface area (Å²) in [6.45, 7) is 8.21. The van der Waals surface area contributed by atoms with E-state index in [0.29, 0.717) is 33.7 Å². The maximum Gasteiger partial charge on any atom is 0.319 e. The molecule has 4 aliphatic heterocycles. The molecule has 3 aromatic rings. The molecule has 10 heteroatoms. The molecule has 0 aromatic heterocycles. The molecule has 2 aliphatic carbocycles. The van der Waals surface area contributed by atoms with Gasteiger partial charge in [-0.3, -0.25) is 38.8 Å². The predicted octanol–water partition coefficient (Wildman–Crippen LogP) is 6.55. The molecule has 0 atom stereocenters. The zero-order valence-corrected chi connectivity index (χ0v) is 29.9. The summed E-state index contributed by atoms with van der Waals surface area (Å²) in [6.07, 6.45) is 10.9. The van der Waals surface area contributed by atoms with Crippen LogP contribution in [-0.4, -0.2) is 50.0 Å². The SMILES string of the molecule is CC1(C)C(C=C2C(=O)C(C=C3Nc4ccc(CN5C(=O)C6=C(C=C[C+]=C6)C5=O)cc4C3(C)C)=C2O)=Nc2ccc(CN3C(=O)c4ccccc4C3=O)cc21. The van der Waals surface area contributed by atoms with Crippen LogP contribution in [0.15, 0.2) is 130 Å². The molecule has 9 rings (SSSR count). The van der Waals surface area contributed by atoms with Gasteiger partial charge in [0.15, 0.2) is 11.1 Å². The second-order valence-corrected chi connectivity index (χ2v) is 15.2. The first-order chi connectivity index (χ1) is 25.8. The Morgan fingerprint density at radius 2 is 1.39 bits per heavy atom. The summed E-state index contributed by atoms with van der Waals surface area (Å²) in [5, 5.41) is 14.6. The number of benzene rings is 3. The minimum Gasteiger partial charge on any atom is -0.506 e. The van der Waals surface area contributed by atoms with E-state index in [1.807, 2.05) is 64.1 Å². The van der Waals surface area contributed by atoms with Crippen LogP contribution in [0.4, 0.5) is 11.4 Å². The molecule has 4 heterocycles. The summed E-state index contributed by atoms with van der Waals surface area (Å²) in [5.41, 5.74) is 6.91. The highest BCUT2D eigenvalue weighted by atomic mass is 16.3. The predicted molar refractivity (Wildman–Crippen MR) is 201 cm³/mol. The van der Waals surface area contributed by atoms with Crippen LogP contribution in [0.25, 0.3) is 0 Å². The van der Waals surface area contributed by atoms with Crippen LogP contribution >= 0.6 is 0 Å². The minimum absolute atomic E-state index is 0.116. The Labute approximate surface area is 310 Å². The van der Waals surface area contributed by atoms with Crippen molar-refractivity contribution in [3.8, 4) is 0 Å². The fourth-order valence-corrected chi connectivity index (χ4v) is 7.94. The number of imide groups is 2. The van der Waals surface area contributed by atoms with Gasteiger partial charge >= 0.3 is 5.91 Å². The van der Waals surface area contributed by atoms with Crippen molar-refractivity contribution in [3.63, 3.8) is 0 Å². The van der Waals surface area contributed by atoms with Gasteiger partial charge in [-0.15, -0.1) is 0 Å². The number of nitrogens with one attached hydrogen (secondary N) is 1. The number of ketones is 1. The molecular weight excluding hydrogens is 681 g/mol. The van der Waals surface area contributed by atoms with Crippen molar-refractivity contribution in [2.45, 2.75) is 51.6 Å². The quantitative estimate of drug-likeness (QED) is 0.168. The van der Waals surface area contributed by atoms with Crippen molar-refractivity contribution in [2.24, 2.45) is 4.99 Å². The van der Waals surface area contributed by atoms with Crippen LogP contribution in [0.5, 0.6) is 0 Å². The van der Waals surface area contributed by atoms with E-state index in [-0.39, 0.29) is 59.4 Å². The highest BCUT2D eigenvalue weighted by molar-refractivity contribution is 6.25. The van der Waals surface area contributed by atoms with Crippen LogP contribution in [-0.2, 0) is 38.3 Å². The first kappa shape index (κ1) is 33.1. The number of aliphatic imine (C=N–C) groups is 1. The Hall–Kier alpha value is -6.77. The first-order valence-electron chi connectivity index (χ1n) is 17.6. The second kappa shape index (κ2) is 11.4. The molecule has 4 amide bonds. The molecule has 0 bridgehead atoms. The zero-order chi connectivity index (χ0) is 37.8.